The van der Waals surface area contributed by atoms with Gasteiger partial charge in [0.05, 0.1) is 24.8 Å². The highest BCUT2D eigenvalue weighted by molar-refractivity contribution is 5.83. The van der Waals surface area contributed by atoms with Crippen molar-refractivity contribution in [3.05, 3.63) is 59.3 Å². The zero-order valence-corrected chi connectivity index (χ0v) is 17.4. The van der Waals surface area contributed by atoms with Crippen molar-refractivity contribution in [2.24, 2.45) is 11.8 Å². The number of aryl methyl sites for hydroxylation is 1. The zero-order chi connectivity index (χ0) is 21.1. The Balaban J connectivity index is 1.50. The number of amides is 2. The molecule has 2 atom stereocenters. The fraction of sp³-hybridized carbons (Fsp3) is 0.500. The van der Waals surface area contributed by atoms with Crippen molar-refractivity contribution >= 4 is 11.8 Å². The number of furan rings is 1. The Morgan fingerprint density at radius 3 is 2.63 bits per heavy atom. The molecule has 0 spiro atoms. The first kappa shape index (κ1) is 20.6. The minimum absolute atomic E-state index is 0.0407. The second-order valence-electron chi connectivity index (χ2n) is 8.57. The SMILES string of the molecule is Cc1cc([C@H]2CC[C@@H](C(=O)NCc3ccco3)CN2C(=O)C2CCCC2)ccc1F. The van der Waals surface area contributed by atoms with Crippen molar-refractivity contribution in [3.63, 3.8) is 0 Å². The lowest BCUT2D eigenvalue weighted by Gasteiger charge is -2.41. The van der Waals surface area contributed by atoms with Crippen LogP contribution >= 0.6 is 0 Å². The van der Waals surface area contributed by atoms with Gasteiger partial charge in [0.25, 0.3) is 0 Å². The van der Waals surface area contributed by atoms with Crippen molar-refractivity contribution in [2.75, 3.05) is 6.54 Å². The van der Waals surface area contributed by atoms with Crippen LogP contribution in [0.2, 0.25) is 0 Å². The zero-order valence-electron chi connectivity index (χ0n) is 17.4. The predicted octanol–water partition coefficient (Wildman–Crippen LogP) is 4.51. The first-order valence-corrected chi connectivity index (χ1v) is 10.9. The topological polar surface area (TPSA) is 62.6 Å². The molecule has 2 aliphatic rings. The van der Waals surface area contributed by atoms with Crippen LogP contribution in [-0.2, 0) is 16.1 Å². The van der Waals surface area contributed by atoms with Crippen LogP contribution < -0.4 is 5.32 Å². The van der Waals surface area contributed by atoms with E-state index in [-0.39, 0.29) is 35.5 Å². The Morgan fingerprint density at radius 2 is 1.93 bits per heavy atom. The molecule has 1 N–H and O–H groups in total. The number of rotatable bonds is 5. The van der Waals surface area contributed by atoms with Gasteiger partial charge in [0.1, 0.15) is 11.6 Å². The Kier molecular flexibility index (Phi) is 6.21. The van der Waals surface area contributed by atoms with E-state index < -0.39 is 0 Å². The van der Waals surface area contributed by atoms with E-state index >= 15 is 0 Å². The summed E-state index contributed by atoms with van der Waals surface area (Å²) in [5.41, 5.74) is 1.54. The number of hydrogen-bond acceptors (Lipinski definition) is 3. The molecular weight excluding hydrogens is 383 g/mol. The van der Waals surface area contributed by atoms with Crippen molar-refractivity contribution < 1.29 is 18.4 Å². The van der Waals surface area contributed by atoms with Gasteiger partial charge in [-0.25, -0.2) is 4.39 Å². The van der Waals surface area contributed by atoms with Gasteiger partial charge < -0.3 is 14.6 Å². The van der Waals surface area contributed by atoms with Crippen LogP contribution in [-0.4, -0.2) is 23.3 Å². The molecule has 6 heteroatoms. The van der Waals surface area contributed by atoms with Crippen LogP contribution in [0.1, 0.15) is 61.5 Å². The lowest BCUT2D eigenvalue weighted by atomic mass is 9.86. The average Bonchev–Trinajstić information content (AvgIpc) is 3.47. The van der Waals surface area contributed by atoms with Crippen LogP contribution in [0.5, 0.6) is 0 Å². The second kappa shape index (κ2) is 9.02. The van der Waals surface area contributed by atoms with Crippen molar-refractivity contribution in [1.29, 1.82) is 0 Å². The summed E-state index contributed by atoms with van der Waals surface area (Å²) in [6.45, 7) is 2.50. The summed E-state index contributed by atoms with van der Waals surface area (Å²) < 4.78 is 19.1. The van der Waals surface area contributed by atoms with Crippen LogP contribution in [0.4, 0.5) is 4.39 Å². The second-order valence-corrected chi connectivity index (χ2v) is 8.57. The number of piperidine rings is 1. The van der Waals surface area contributed by atoms with Crippen molar-refractivity contribution in [3.8, 4) is 0 Å². The summed E-state index contributed by atoms with van der Waals surface area (Å²) in [7, 11) is 0. The number of nitrogens with one attached hydrogen (secondary N) is 1. The summed E-state index contributed by atoms with van der Waals surface area (Å²) in [4.78, 5) is 28.0. The number of hydrogen-bond donors (Lipinski definition) is 1. The summed E-state index contributed by atoms with van der Waals surface area (Å²) in [6, 6.07) is 8.60. The summed E-state index contributed by atoms with van der Waals surface area (Å²) in [5.74, 6) is 0.352. The molecule has 1 aliphatic heterocycles. The molecule has 2 amide bonds. The molecule has 0 radical (unpaired) electrons. The van der Waals surface area contributed by atoms with Gasteiger partial charge in [-0.15, -0.1) is 0 Å². The van der Waals surface area contributed by atoms with Gasteiger partial charge in [0.15, 0.2) is 0 Å². The van der Waals surface area contributed by atoms with E-state index in [1.165, 1.54) is 6.07 Å². The maximum atomic E-state index is 13.8. The standard InChI is InChI=1S/C24H29FN2O3/c1-16-13-18(8-10-21(16)25)22-11-9-19(23(28)26-14-20-7-4-12-30-20)15-27(22)24(29)17-5-2-3-6-17/h4,7-8,10,12-13,17,19,22H,2-3,5-6,9,11,14-15H2,1H3,(H,26,28)/t19-,22-/m1/s1. The Morgan fingerprint density at radius 1 is 1.13 bits per heavy atom. The largest absolute Gasteiger partial charge is 0.467 e. The molecule has 1 aromatic heterocycles. The molecule has 1 aliphatic carbocycles. The minimum Gasteiger partial charge on any atom is -0.467 e. The van der Waals surface area contributed by atoms with Gasteiger partial charge in [-0.1, -0.05) is 25.0 Å². The van der Waals surface area contributed by atoms with Crippen LogP contribution in [0.3, 0.4) is 0 Å². The lowest BCUT2D eigenvalue weighted by molar-refractivity contribution is -0.142. The minimum atomic E-state index is -0.247. The van der Waals surface area contributed by atoms with E-state index in [9.17, 15) is 14.0 Å². The maximum absolute atomic E-state index is 13.8. The third kappa shape index (κ3) is 4.42. The molecular formula is C24H29FN2O3. The van der Waals surface area contributed by atoms with Crippen LogP contribution in [0.25, 0.3) is 0 Å². The summed E-state index contributed by atoms with van der Waals surface area (Å²) in [6.07, 6.45) is 6.97. The van der Waals surface area contributed by atoms with Gasteiger partial charge in [0, 0.05) is 12.5 Å². The van der Waals surface area contributed by atoms with E-state index in [0.29, 0.717) is 37.3 Å². The summed E-state index contributed by atoms with van der Waals surface area (Å²) >= 11 is 0. The third-order valence-electron chi connectivity index (χ3n) is 6.52. The van der Waals surface area contributed by atoms with E-state index in [4.69, 9.17) is 4.42 Å². The highest BCUT2D eigenvalue weighted by atomic mass is 19.1. The molecule has 0 unspecified atom stereocenters. The molecule has 1 saturated heterocycles. The third-order valence-corrected chi connectivity index (χ3v) is 6.52. The van der Waals surface area contributed by atoms with Crippen LogP contribution in [0, 0.1) is 24.6 Å². The molecule has 5 nitrogen and oxygen atoms in total. The Bertz CT molecular complexity index is 890. The predicted molar refractivity (Wildman–Crippen MR) is 111 cm³/mol. The number of carbonyl (C=O) groups is 2. The number of likely N-dealkylation sites (tertiary alicyclic amines) is 1. The normalized spacial score (nSPS) is 22.3. The van der Waals surface area contributed by atoms with Crippen LogP contribution in [0.15, 0.2) is 41.0 Å². The van der Waals surface area contributed by atoms with E-state index in [0.717, 1.165) is 31.2 Å². The highest BCUT2D eigenvalue weighted by Crippen LogP contribution is 2.37. The number of nitrogens with zero attached hydrogens (tertiary/aromatic N) is 1. The first-order chi connectivity index (χ1) is 14.5. The molecule has 0 bridgehead atoms. The molecule has 160 valence electrons. The summed E-state index contributed by atoms with van der Waals surface area (Å²) in [5, 5.41) is 2.93. The smallest absolute Gasteiger partial charge is 0.226 e. The molecule has 30 heavy (non-hydrogen) atoms. The molecule has 2 aromatic rings. The van der Waals surface area contributed by atoms with E-state index in [1.54, 1.807) is 25.3 Å². The average molecular weight is 413 g/mol. The molecule has 4 rings (SSSR count). The monoisotopic (exact) mass is 412 g/mol. The number of benzene rings is 1. The van der Waals surface area contributed by atoms with Gasteiger partial charge in [-0.2, -0.15) is 0 Å². The Labute approximate surface area is 176 Å². The van der Waals surface area contributed by atoms with Gasteiger partial charge in [-0.3, -0.25) is 9.59 Å². The fourth-order valence-electron chi connectivity index (χ4n) is 4.79. The van der Waals surface area contributed by atoms with Crippen molar-refractivity contribution in [2.45, 2.75) is 58.0 Å². The van der Waals surface area contributed by atoms with Crippen molar-refractivity contribution in [1.82, 2.24) is 10.2 Å². The highest BCUT2D eigenvalue weighted by Gasteiger charge is 2.38. The number of carbonyl (C=O) groups excluding carboxylic acids is 2. The lowest BCUT2D eigenvalue weighted by Crippen LogP contribution is -2.48. The molecule has 1 saturated carbocycles. The van der Waals surface area contributed by atoms with Gasteiger partial charge in [0.2, 0.25) is 11.8 Å². The maximum Gasteiger partial charge on any atom is 0.226 e. The molecule has 2 fully saturated rings. The quantitative estimate of drug-likeness (QED) is 0.786. The van der Waals surface area contributed by atoms with Gasteiger partial charge in [-0.05, 0) is 61.9 Å². The Hall–Kier alpha value is -2.63. The number of halogens is 1. The van der Waals surface area contributed by atoms with E-state index in [2.05, 4.69) is 5.32 Å². The fourth-order valence-corrected chi connectivity index (χ4v) is 4.79. The van der Waals surface area contributed by atoms with E-state index in [1.807, 2.05) is 17.0 Å². The van der Waals surface area contributed by atoms with Gasteiger partial charge >= 0.3 is 0 Å². The molecule has 1 aromatic carbocycles. The first-order valence-electron chi connectivity index (χ1n) is 10.9. The molecule has 2 heterocycles.